The van der Waals surface area contributed by atoms with Crippen LogP contribution in [0.25, 0.3) is 22.4 Å². The Morgan fingerprint density at radius 1 is 1.10 bits per heavy atom. The van der Waals surface area contributed by atoms with Crippen molar-refractivity contribution in [3.05, 3.63) is 35.6 Å². The summed E-state index contributed by atoms with van der Waals surface area (Å²) in [5.41, 5.74) is 0.863. The summed E-state index contributed by atoms with van der Waals surface area (Å²) in [6, 6.07) is 4.58. The topological polar surface area (TPSA) is 64.7 Å². The number of aromatic nitrogens is 4. The molecule has 0 aliphatic carbocycles. The van der Waals surface area contributed by atoms with Gasteiger partial charge < -0.3 is 4.42 Å². The molecule has 0 aliphatic rings. The standard InChI is InChI=1S/C11H4ClF3N4O/c12-8-6-3-5(1-2-7(6)16-4-17-8)9-18-19-10(20-9)11(13,14)15/h1-4H. The average Bonchev–Trinajstić information content (AvgIpc) is 2.88. The van der Waals surface area contributed by atoms with Gasteiger partial charge >= 0.3 is 12.1 Å². The lowest BCUT2D eigenvalue weighted by Crippen LogP contribution is -2.04. The van der Waals surface area contributed by atoms with Crippen LogP contribution in [0.1, 0.15) is 5.89 Å². The molecule has 0 spiro atoms. The van der Waals surface area contributed by atoms with E-state index in [9.17, 15) is 13.2 Å². The Balaban J connectivity index is 2.11. The number of nitrogens with zero attached hydrogens (tertiary/aromatic N) is 4. The Hall–Kier alpha value is -2.22. The van der Waals surface area contributed by atoms with Crippen LogP contribution in [-0.4, -0.2) is 20.2 Å². The van der Waals surface area contributed by atoms with Crippen LogP contribution >= 0.6 is 11.6 Å². The number of fused-ring (bicyclic) bond motifs is 1. The summed E-state index contributed by atoms with van der Waals surface area (Å²) in [6.07, 6.45) is -3.39. The van der Waals surface area contributed by atoms with E-state index in [0.29, 0.717) is 16.5 Å². The van der Waals surface area contributed by atoms with Gasteiger partial charge in [0.05, 0.1) is 5.52 Å². The minimum absolute atomic E-state index is 0.187. The molecule has 0 saturated carbocycles. The summed E-state index contributed by atoms with van der Waals surface area (Å²) in [5, 5.41) is 7.00. The zero-order valence-corrected chi connectivity index (χ0v) is 10.3. The Morgan fingerprint density at radius 2 is 1.90 bits per heavy atom. The maximum Gasteiger partial charge on any atom is 0.470 e. The van der Waals surface area contributed by atoms with Crippen LogP contribution < -0.4 is 0 Å². The first-order valence-corrected chi connectivity index (χ1v) is 5.64. The Kier molecular flexibility index (Phi) is 2.82. The molecule has 1 aromatic carbocycles. The molecular formula is C11H4ClF3N4O. The highest BCUT2D eigenvalue weighted by Crippen LogP contribution is 2.31. The van der Waals surface area contributed by atoms with E-state index >= 15 is 0 Å². The predicted octanol–water partition coefficient (Wildman–Crippen LogP) is 3.35. The summed E-state index contributed by atoms with van der Waals surface area (Å²) >= 11 is 5.90. The first-order chi connectivity index (χ1) is 9.45. The largest absolute Gasteiger partial charge is 0.470 e. The first kappa shape index (κ1) is 12.8. The van der Waals surface area contributed by atoms with E-state index in [2.05, 4.69) is 24.6 Å². The van der Waals surface area contributed by atoms with Gasteiger partial charge in [-0.2, -0.15) is 13.2 Å². The molecule has 2 aromatic heterocycles. The minimum atomic E-state index is -4.68. The fourth-order valence-electron chi connectivity index (χ4n) is 1.61. The summed E-state index contributed by atoms with van der Waals surface area (Å²) in [6.45, 7) is 0. The molecule has 0 atom stereocenters. The van der Waals surface area contributed by atoms with Gasteiger partial charge in [-0.3, -0.25) is 0 Å². The highest BCUT2D eigenvalue weighted by Gasteiger charge is 2.38. The van der Waals surface area contributed by atoms with E-state index in [1.165, 1.54) is 18.5 Å². The van der Waals surface area contributed by atoms with Gasteiger partial charge in [0.2, 0.25) is 5.89 Å². The van der Waals surface area contributed by atoms with Gasteiger partial charge in [-0.1, -0.05) is 11.6 Å². The van der Waals surface area contributed by atoms with Gasteiger partial charge in [0.25, 0.3) is 0 Å². The number of hydrogen-bond donors (Lipinski definition) is 0. The smallest absolute Gasteiger partial charge is 0.413 e. The summed E-state index contributed by atoms with van der Waals surface area (Å²) in [5.74, 6) is -1.65. The third-order valence-electron chi connectivity index (χ3n) is 2.50. The minimum Gasteiger partial charge on any atom is -0.413 e. The third kappa shape index (κ3) is 2.18. The van der Waals surface area contributed by atoms with Crippen molar-refractivity contribution in [2.75, 3.05) is 0 Å². The van der Waals surface area contributed by atoms with E-state index in [0.717, 1.165) is 0 Å². The molecule has 0 radical (unpaired) electrons. The molecule has 0 unspecified atom stereocenters. The Labute approximate surface area is 114 Å². The van der Waals surface area contributed by atoms with Crippen molar-refractivity contribution in [2.45, 2.75) is 6.18 Å². The molecule has 5 nitrogen and oxygen atoms in total. The van der Waals surface area contributed by atoms with E-state index in [1.54, 1.807) is 6.07 Å². The van der Waals surface area contributed by atoms with Gasteiger partial charge in [-0.05, 0) is 18.2 Å². The SMILES string of the molecule is FC(F)(F)c1nnc(-c2ccc3ncnc(Cl)c3c2)o1. The van der Waals surface area contributed by atoms with Crippen molar-refractivity contribution in [1.82, 2.24) is 20.2 Å². The highest BCUT2D eigenvalue weighted by atomic mass is 35.5. The first-order valence-electron chi connectivity index (χ1n) is 5.26. The van der Waals surface area contributed by atoms with E-state index in [-0.39, 0.29) is 11.0 Å². The number of hydrogen-bond acceptors (Lipinski definition) is 5. The Morgan fingerprint density at radius 3 is 2.60 bits per heavy atom. The molecule has 9 heteroatoms. The fraction of sp³-hybridized carbons (Fsp3) is 0.0909. The maximum atomic E-state index is 12.4. The zero-order valence-electron chi connectivity index (χ0n) is 9.52. The normalized spacial score (nSPS) is 12.0. The third-order valence-corrected chi connectivity index (χ3v) is 2.80. The molecule has 102 valence electrons. The second-order valence-corrected chi connectivity index (χ2v) is 4.16. The summed E-state index contributed by atoms with van der Waals surface area (Å²) in [7, 11) is 0. The van der Waals surface area contributed by atoms with Crippen molar-refractivity contribution in [3.63, 3.8) is 0 Å². The van der Waals surface area contributed by atoms with Crippen LogP contribution in [0.2, 0.25) is 5.15 Å². The van der Waals surface area contributed by atoms with E-state index < -0.39 is 12.1 Å². The number of halogens is 4. The van der Waals surface area contributed by atoms with Crippen LogP contribution in [0.5, 0.6) is 0 Å². The number of rotatable bonds is 1. The summed E-state index contributed by atoms with van der Waals surface area (Å²) < 4.78 is 41.8. The maximum absolute atomic E-state index is 12.4. The van der Waals surface area contributed by atoms with Gasteiger partial charge in [0.1, 0.15) is 11.5 Å². The molecule has 0 N–H and O–H groups in total. The lowest BCUT2D eigenvalue weighted by atomic mass is 10.1. The number of alkyl halides is 3. The molecule has 20 heavy (non-hydrogen) atoms. The molecule has 2 heterocycles. The molecule has 0 aliphatic heterocycles. The van der Waals surface area contributed by atoms with Crippen molar-refractivity contribution in [2.24, 2.45) is 0 Å². The molecule has 3 rings (SSSR count). The molecular weight excluding hydrogens is 297 g/mol. The van der Waals surface area contributed by atoms with Crippen LogP contribution in [0.15, 0.2) is 28.9 Å². The van der Waals surface area contributed by atoms with Gasteiger partial charge in [-0.15, -0.1) is 10.2 Å². The Bertz CT molecular complexity index is 787. The van der Waals surface area contributed by atoms with E-state index in [4.69, 9.17) is 11.6 Å². The second kappa shape index (κ2) is 4.41. The second-order valence-electron chi connectivity index (χ2n) is 3.81. The zero-order chi connectivity index (χ0) is 14.3. The van der Waals surface area contributed by atoms with E-state index in [1.807, 2.05) is 0 Å². The lowest BCUT2D eigenvalue weighted by molar-refractivity contribution is -0.156. The van der Waals surface area contributed by atoms with Gasteiger partial charge in [0.15, 0.2) is 0 Å². The fourth-order valence-corrected chi connectivity index (χ4v) is 1.81. The van der Waals surface area contributed by atoms with Crippen LogP contribution in [0, 0.1) is 0 Å². The average molecular weight is 301 g/mol. The van der Waals surface area contributed by atoms with Crippen LogP contribution in [-0.2, 0) is 6.18 Å². The van der Waals surface area contributed by atoms with Crippen molar-refractivity contribution in [1.29, 1.82) is 0 Å². The molecule has 3 aromatic rings. The molecule has 0 saturated heterocycles. The van der Waals surface area contributed by atoms with Crippen molar-refractivity contribution in [3.8, 4) is 11.5 Å². The van der Waals surface area contributed by atoms with Crippen LogP contribution in [0.4, 0.5) is 13.2 Å². The quantitative estimate of drug-likeness (QED) is 0.645. The monoisotopic (exact) mass is 300 g/mol. The van der Waals surface area contributed by atoms with Gasteiger partial charge in [-0.25, -0.2) is 9.97 Å². The predicted molar refractivity (Wildman–Crippen MR) is 62.8 cm³/mol. The van der Waals surface area contributed by atoms with Crippen LogP contribution in [0.3, 0.4) is 0 Å². The molecule has 0 fully saturated rings. The number of benzene rings is 1. The highest BCUT2D eigenvalue weighted by molar-refractivity contribution is 6.34. The van der Waals surface area contributed by atoms with Gasteiger partial charge in [0, 0.05) is 10.9 Å². The van der Waals surface area contributed by atoms with Crippen molar-refractivity contribution >= 4 is 22.5 Å². The lowest BCUT2D eigenvalue weighted by Gasteiger charge is -2.01. The van der Waals surface area contributed by atoms with Crippen molar-refractivity contribution < 1.29 is 17.6 Å². The molecule has 0 amide bonds. The summed E-state index contributed by atoms with van der Waals surface area (Å²) in [4.78, 5) is 7.77. The molecule has 0 bridgehead atoms.